The van der Waals surface area contributed by atoms with E-state index in [1.54, 1.807) is 6.33 Å². The van der Waals surface area contributed by atoms with Crippen molar-refractivity contribution in [2.45, 2.75) is 46.1 Å². The predicted molar refractivity (Wildman–Crippen MR) is 80.7 cm³/mol. The first kappa shape index (κ1) is 14.8. The molecule has 0 saturated heterocycles. The van der Waals surface area contributed by atoms with Crippen LogP contribution >= 0.6 is 0 Å². The standard InChI is InChI=1S/C14H26N6/c1-3-13-19-18-11-20(13)10-9-17-14(15-4-2)16-8-7-12-5-6-12/h11-12H,3-10H2,1-2H3,(H2,15,16,17). The third kappa shape index (κ3) is 4.83. The summed E-state index contributed by atoms with van der Waals surface area (Å²) in [5.74, 6) is 2.88. The molecule has 0 aliphatic heterocycles. The number of rotatable bonds is 8. The molecule has 1 fully saturated rings. The van der Waals surface area contributed by atoms with Crippen molar-refractivity contribution < 1.29 is 0 Å². The van der Waals surface area contributed by atoms with Crippen LogP contribution in [0, 0.1) is 5.92 Å². The van der Waals surface area contributed by atoms with E-state index >= 15 is 0 Å². The average molecular weight is 278 g/mol. The molecule has 0 unspecified atom stereocenters. The second-order valence-corrected chi connectivity index (χ2v) is 5.21. The van der Waals surface area contributed by atoms with Crippen molar-refractivity contribution in [3.05, 3.63) is 12.2 Å². The minimum atomic E-state index is 0.834. The Morgan fingerprint density at radius 1 is 1.40 bits per heavy atom. The molecule has 1 aromatic heterocycles. The molecular formula is C14H26N6. The largest absolute Gasteiger partial charge is 0.357 e. The van der Waals surface area contributed by atoms with Gasteiger partial charge in [0, 0.05) is 32.6 Å². The van der Waals surface area contributed by atoms with Gasteiger partial charge >= 0.3 is 0 Å². The van der Waals surface area contributed by atoms with E-state index < -0.39 is 0 Å². The predicted octanol–water partition coefficient (Wildman–Crippen LogP) is 1.20. The summed E-state index contributed by atoms with van der Waals surface area (Å²) in [5, 5.41) is 14.7. The normalized spacial score (nSPS) is 15.4. The average Bonchev–Trinajstić information content (AvgIpc) is 3.16. The fourth-order valence-corrected chi connectivity index (χ4v) is 2.14. The first-order chi connectivity index (χ1) is 9.83. The van der Waals surface area contributed by atoms with E-state index in [2.05, 4.69) is 44.2 Å². The summed E-state index contributed by atoms with van der Waals surface area (Å²) in [6.45, 7) is 7.70. The maximum atomic E-state index is 4.61. The van der Waals surface area contributed by atoms with Gasteiger partial charge in [-0.05, 0) is 19.3 Å². The van der Waals surface area contributed by atoms with Gasteiger partial charge in [-0.3, -0.25) is 4.99 Å². The molecule has 6 nitrogen and oxygen atoms in total. The molecule has 0 atom stereocenters. The molecule has 0 aromatic carbocycles. The highest BCUT2D eigenvalue weighted by Gasteiger charge is 2.20. The SMILES string of the molecule is CCNC(=NCCC1CC1)NCCn1cnnc1CC. The maximum Gasteiger partial charge on any atom is 0.191 e. The molecule has 20 heavy (non-hydrogen) atoms. The number of aryl methyl sites for hydroxylation is 1. The van der Waals surface area contributed by atoms with E-state index in [4.69, 9.17) is 0 Å². The molecule has 1 aliphatic carbocycles. The fraction of sp³-hybridized carbons (Fsp3) is 0.786. The van der Waals surface area contributed by atoms with Crippen LogP contribution in [0.25, 0.3) is 0 Å². The number of hydrogen-bond donors (Lipinski definition) is 2. The molecule has 1 saturated carbocycles. The third-order valence-electron chi connectivity index (χ3n) is 3.51. The molecule has 1 aromatic rings. The van der Waals surface area contributed by atoms with Crippen LogP contribution in [-0.4, -0.2) is 40.4 Å². The molecule has 1 aliphatic rings. The monoisotopic (exact) mass is 278 g/mol. The molecule has 2 rings (SSSR count). The molecule has 0 amide bonds. The molecule has 0 bridgehead atoms. The highest BCUT2D eigenvalue weighted by molar-refractivity contribution is 5.79. The van der Waals surface area contributed by atoms with Crippen molar-refractivity contribution in [3.63, 3.8) is 0 Å². The zero-order chi connectivity index (χ0) is 14.2. The summed E-state index contributed by atoms with van der Waals surface area (Å²) in [7, 11) is 0. The van der Waals surface area contributed by atoms with E-state index in [1.807, 2.05) is 0 Å². The summed E-state index contributed by atoms with van der Waals surface area (Å²) in [5.41, 5.74) is 0. The van der Waals surface area contributed by atoms with Crippen LogP contribution in [0.15, 0.2) is 11.3 Å². The minimum absolute atomic E-state index is 0.834. The van der Waals surface area contributed by atoms with Crippen LogP contribution in [0.5, 0.6) is 0 Å². The lowest BCUT2D eigenvalue weighted by atomic mass is 10.3. The highest BCUT2D eigenvalue weighted by atomic mass is 15.3. The van der Waals surface area contributed by atoms with Gasteiger partial charge in [-0.1, -0.05) is 19.8 Å². The molecule has 0 spiro atoms. The molecule has 6 heteroatoms. The van der Waals surface area contributed by atoms with E-state index in [-0.39, 0.29) is 0 Å². The number of hydrogen-bond acceptors (Lipinski definition) is 3. The Balaban J connectivity index is 1.73. The smallest absolute Gasteiger partial charge is 0.191 e. The lowest BCUT2D eigenvalue weighted by Gasteiger charge is -2.12. The Kier molecular flexibility index (Phi) is 5.83. The molecule has 1 heterocycles. The summed E-state index contributed by atoms with van der Waals surface area (Å²) >= 11 is 0. The van der Waals surface area contributed by atoms with Crippen molar-refractivity contribution in [3.8, 4) is 0 Å². The Morgan fingerprint density at radius 2 is 2.25 bits per heavy atom. The van der Waals surface area contributed by atoms with Gasteiger partial charge in [-0.15, -0.1) is 10.2 Å². The minimum Gasteiger partial charge on any atom is -0.357 e. The van der Waals surface area contributed by atoms with Crippen molar-refractivity contribution in [1.82, 2.24) is 25.4 Å². The first-order valence-electron chi connectivity index (χ1n) is 7.72. The number of guanidine groups is 1. The van der Waals surface area contributed by atoms with Crippen LogP contribution < -0.4 is 10.6 Å². The van der Waals surface area contributed by atoms with Crippen molar-refractivity contribution in [1.29, 1.82) is 0 Å². The Hall–Kier alpha value is -1.59. The zero-order valence-electron chi connectivity index (χ0n) is 12.6. The van der Waals surface area contributed by atoms with Crippen molar-refractivity contribution in [2.75, 3.05) is 19.6 Å². The molecular weight excluding hydrogens is 252 g/mol. The van der Waals surface area contributed by atoms with E-state index in [0.29, 0.717) is 0 Å². The van der Waals surface area contributed by atoms with Gasteiger partial charge in [-0.25, -0.2) is 0 Å². The lowest BCUT2D eigenvalue weighted by molar-refractivity contribution is 0.631. The number of aliphatic imine (C=N–C) groups is 1. The molecule has 0 radical (unpaired) electrons. The fourth-order valence-electron chi connectivity index (χ4n) is 2.14. The summed E-state index contributed by atoms with van der Waals surface area (Å²) in [4.78, 5) is 4.61. The zero-order valence-corrected chi connectivity index (χ0v) is 12.6. The van der Waals surface area contributed by atoms with Crippen molar-refractivity contribution in [2.24, 2.45) is 10.9 Å². The van der Waals surface area contributed by atoms with Gasteiger partial charge in [0.1, 0.15) is 12.2 Å². The van der Waals surface area contributed by atoms with E-state index in [1.165, 1.54) is 19.3 Å². The first-order valence-corrected chi connectivity index (χ1v) is 7.72. The quantitative estimate of drug-likeness (QED) is 0.554. The number of nitrogens with one attached hydrogen (secondary N) is 2. The second kappa shape index (κ2) is 7.87. The van der Waals surface area contributed by atoms with Crippen LogP contribution in [0.2, 0.25) is 0 Å². The maximum absolute atomic E-state index is 4.61. The Bertz CT molecular complexity index is 421. The van der Waals surface area contributed by atoms with Gasteiger partial charge in [-0.2, -0.15) is 0 Å². The second-order valence-electron chi connectivity index (χ2n) is 5.21. The van der Waals surface area contributed by atoms with Crippen LogP contribution in [0.3, 0.4) is 0 Å². The Morgan fingerprint density at radius 3 is 2.95 bits per heavy atom. The molecule has 2 N–H and O–H groups in total. The van der Waals surface area contributed by atoms with E-state index in [0.717, 1.165) is 50.3 Å². The Labute approximate surface area is 121 Å². The van der Waals surface area contributed by atoms with Crippen LogP contribution in [0.1, 0.15) is 38.9 Å². The summed E-state index contributed by atoms with van der Waals surface area (Å²) in [6, 6.07) is 0. The lowest BCUT2D eigenvalue weighted by Crippen LogP contribution is -2.39. The summed E-state index contributed by atoms with van der Waals surface area (Å²) in [6.07, 6.45) is 6.72. The van der Waals surface area contributed by atoms with Gasteiger partial charge in [0.15, 0.2) is 5.96 Å². The number of aromatic nitrogens is 3. The summed E-state index contributed by atoms with van der Waals surface area (Å²) < 4.78 is 2.08. The highest BCUT2D eigenvalue weighted by Crippen LogP contribution is 2.32. The van der Waals surface area contributed by atoms with Gasteiger partial charge < -0.3 is 15.2 Å². The van der Waals surface area contributed by atoms with Crippen LogP contribution in [-0.2, 0) is 13.0 Å². The van der Waals surface area contributed by atoms with Gasteiger partial charge in [0.05, 0.1) is 0 Å². The van der Waals surface area contributed by atoms with Crippen LogP contribution in [0.4, 0.5) is 0 Å². The van der Waals surface area contributed by atoms with Gasteiger partial charge in [0.25, 0.3) is 0 Å². The van der Waals surface area contributed by atoms with E-state index in [9.17, 15) is 0 Å². The van der Waals surface area contributed by atoms with Crippen molar-refractivity contribution >= 4 is 5.96 Å². The van der Waals surface area contributed by atoms with Gasteiger partial charge in [0.2, 0.25) is 0 Å². The number of nitrogens with zero attached hydrogens (tertiary/aromatic N) is 4. The topological polar surface area (TPSA) is 67.1 Å². The molecule has 112 valence electrons. The third-order valence-corrected chi connectivity index (χ3v) is 3.51.